The molecule has 2 N–H and O–H groups in total. The number of ether oxygens (including phenoxy) is 1. The minimum absolute atomic E-state index is 0.137. The van der Waals surface area contributed by atoms with Crippen molar-refractivity contribution in [2.45, 2.75) is 6.42 Å². The molecule has 94 valence electrons. The molecule has 18 heavy (non-hydrogen) atoms. The molecule has 0 fully saturated rings. The molecule has 0 atom stereocenters. The number of rotatable bonds is 4. The molecule has 2 aromatic rings. The molecule has 0 saturated heterocycles. The van der Waals surface area contributed by atoms with Crippen LogP contribution in [-0.4, -0.2) is 12.6 Å². The van der Waals surface area contributed by atoms with Crippen LogP contribution in [-0.2, 0) is 11.2 Å². The Morgan fingerprint density at radius 1 is 1.39 bits per heavy atom. The van der Waals surface area contributed by atoms with E-state index < -0.39 is 11.8 Å². The Balaban J connectivity index is 1.91. The van der Waals surface area contributed by atoms with Gasteiger partial charge in [-0.25, -0.2) is 9.18 Å². The van der Waals surface area contributed by atoms with Crippen molar-refractivity contribution in [3.8, 4) is 0 Å². The van der Waals surface area contributed by atoms with Gasteiger partial charge in [-0.3, -0.25) is 0 Å². The van der Waals surface area contributed by atoms with Crippen molar-refractivity contribution in [1.82, 2.24) is 0 Å². The van der Waals surface area contributed by atoms with Gasteiger partial charge in [-0.2, -0.15) is 11.3 Å². The Labute approximate surface area is 108 Å². The summed E-state index contributed by atoms with van der Waals surface area (Å²) in [6, 6.07) is 5.64. The average molecular weight is 265 g/mol. The first-order valence-corrected chi connectivity index (χ1v) is 6.34. The summed E-state index contributed by atoms with van der Waals surface area (Å²) in [4.78, 5) is 11.6. The van der Waals surface area contributed by atoms with Gasteiger partial charge in [0.05, 0.1) is 12.2 Å². The highest BCUT2D eigenvalue weighted by Gasteiger charge is 2.09. The maximum atomic E-state index is 13.0. The molecule has 3 nitrogen and oxygen atoms in total. The van der Waals surface area contributed by atoms with Crippen LogP contribution in [0.1, 0.15) is 15.9 Å². The second-order valence-corrected chi connectivity index (χ2v) is 4.57. The number of hydrogen-bond donors (Lipinski definition) is 1. The highest BCUT2D eigenvalue weighted by Crippen LogP contribution is 2.12. The maximum Gasteiger partial charge on any atom is 0.338 e. The van der Waals surface area contributed by atoms with Gasteiger partial charge in [-0.1, -0.05) is 0 Å². The van der Waals surface area contributed by atoms with E-state index in [4.69, 9.17) is 10.5 Å². The Hall–Kier alpha value is -1.88. The molecule has 0 unspecified atom stereocenters. The maximum absolute atomic E-state index is 13.0. The Kier molecular flexibility index (Phi) is 3.94. The van der Waals surface area contributed by atoms with Gasteiger partial charge in [0.25, 0.3) is 0 Å². The normalized spacial score (nSPS) is 10.3. The average Bonchev–Trinajstić information content (AvgIpc) is 2.80. The molecule has 0 aliphatic carbocycles. The SMILES string of the molecule is Nc1cc(F)cc(C(=O)OCCc2ccsc2)c1. The molecule has 0 aliphatic heterocycles. The third-order valence-electron chi connectivity index (χ3n) is 2.36. The monoisotopic (exact) mass is 265 g/mol. The van der Waals surface area contributed by atoms with E-state index in [-0.39, 0.29) is 17.9 Å². The van der Waals surface area contributed by atoms with Crippen molar-refractivity contribution in [1.29, 1.82) is 0 Å². The molecule has 0 bridgehead atoms. The zero-order valence-corrected chi connectivity index (χ0v) is 10.4. The third kappa shape index (κ3) is 3.30. The minimum Gasteiger partial charge on any atom is -0.462 e. The summed E-state index contributed by atoms with van der Waals surface area (Å²) in [5, 5.41) is 3.96. The first-order chi connectivity index (χ1) is 8.65. The van der Waals surface area contributed by atoms with Crippen LogP contribution in [0.2, 0.25) is 0 Å². The van der Waals surface area contributed by atoms with E-state index in [2.05, 4.69) is 0 Å². The van der Waals surface area contributed by atoms with E-state index in [9.17, 15) is 9.18 Å². The molecule has 0 spiro atoms. The van der Waals surface area contributed by atoms with Gasteiger partial charge < -0.3 is 10.5 Å². The van der Waals surface area contributed by atoms with E-state index in [1.54, 1.807) is 11.3 Å². The van der Waals surface area contributed by atoms with Crippen LogP contribution in [0.25, 0.3) is 0 Å². The zero-order valence-electron chi connectivity index (χ0n) is 9.56. The van der Waals surface area contributed by atoms with E-state index in [1.165, 1.54) is 6.07 Å². The van der Waals surface area contributed by atoms with E-state index in [0.29, 0.717) is 6.42 Å². The summed E-state index contributed by atoms with van der Waals surface area (Å²) in [5.41, 5.74) is 6.92. The second-order valence-electron chi connectivity index (χ2n) is 3.79. The molecule has 1 heterocycles. The quantitative estimate of drug-likeness (QED) is 0.683. The van der Waals surface area contributed by atoms with Crippen LogP contribution in [0.3, 0.4) is 0 Å². The van der Waals surface area contributed by atoms with E-state index in [0.717, 1.165) is 17.7 Å². The van der Waals surface area contributed by atoms with Crippen molar-refractivity contribution < 1.29 is 13.9 Å². The number of nitrogens with two attached hydrogens (primary N) is 1. The van der Waals surface area contributed by atoms with Gasteiger partial charge in [0.2, 0.25) is 0 Å². The third-order valence-corrected chi connectivity index (χ3v) is 3.09. The molecule has 2 rings (SSSR count). The van der Waals surface area contributed by atoms with Crippen LogP contribution in [0, 0.1) is 5.82 Å². The second kappa shape index (κ2) is 5.64. The number of esters is 1. The first-order valence-electron chi connectivity index (χ1n) is 5.39. The number of carbonyl (C=O) groups is 1. The standard InChI is InChI=1S/C13H12FNO2S/c14-11-5-10(6-12(15)7-11)13(16)17-3-1-9-2-4-18-8-9/h2,4-8H,1,3,15H2. The lowest BCUT2D eigenvalue weighted by Crippen LogP contribution is -2.08. The number of anilines is 1. The fraction of sp³-hybridized carbons (Fsp3) is 0.154. The van der Waals surface area contributed by atoms with Crippen molar-refractivity contribution in [2.24, 2.45) is 0 Å². The largest absolute Gasteiger partial charge is 0.462 e. The number of thiophene rings is 1. The number of benzene rings is 1. The van der Waals surface area contributed by atoms with Crippen LogP contribution in [0.4, 0.5) is 10.1 Å². The lowest BCUT2D eigenvalue weighted by Gasteiger charge is -2.05. The molecule has 0 amide bonds. The molecule has 5 heteroatoms. The minimum atomic E-state index is -0.559. The van der Waals surface area contributed by atoms with Crippen LogP contribution in [0.5, 0.6) is 0 Å². The fourth-order valence-electron chi connectivity index (χ4n) is 1.51. The molecule has 1 aromatic carbocycles. The topological polar surface area (TPSA) is 52.3 Å². The molecule has 0 radical (unpaired) electrons. The van der Waals surface area contributed by atoms with Crippen LogP contribution < -0.4 is 5.73 Å². The number of hydrogen-bond acceptors (Lipinski definition) is 4. The summed E-state index contributed by atoms with van der Waals surface area (Å²) in [6.45, 7) is 0.270. The van der Waals surface area contributed by atoms with Crippen molar-refractivity contribution in [3.63, 3.8) is 0 Å². The Bertz CT molecular complexity index is 520. The highest BCUT2D eigenvalue weighted by atomic mass is 32.1. The fourth-order valence-corrected chi connectivity index (χ4v) is 2.21. The van der Waals surface area contributed by atoms with Gasteiger partial charge >= 0.3 is 5.97 Å². The van der Waals surface area contributed by atoms with E-state index in [1.807, 2.05) is 16.8 Å². The molecular formula is C13H12FNO2S. The van der Waals surface area contributed by atoms with Crippen LogP contribution in [0.15, 0.2) is 35.0 Å². The lowest BCUT2D eigenvalue weighted by molar-refractivity contribution is 0.0509. The molecule has 0 saturated carbocycles. The van der Waals surface area contributed by atoms with Crippen molar-refractivity contribution in [3.05, 3.63) is 52.0 Å². The Morgan fingerprint density at radius 2 is 2.22 bits per heavy atom. The van der Waals surface area contributed by atoms with Gasteiger partial charge in [0.15, 0.2) is 0 Å². The summed E-state index contributed by atoms with van der Waals surface area (Å²) >= 11 is 1.59. The predicted molar refractivity (Wildman–Crippen MR) is 69.1 cm³/mol. The van der Waals surface area contributed by atoms with Gasteiger partial charge in [0, 0.05) is 12.1 Å². The van der Waals surface area contributed by atoms with Gasteiger partial charge in [-0.05, 0) is 40.6 Å². The highest BCUT2D eigenvalue weighted by molar-refractivity contribution is 7.07. The number of nitrogen functional groups attached to an aromatic ring is 1. The van der Waals surface area contributed by atoms with Crippen molar-refractivity contribution >= 4 is 23.0 Å². The van der Waals surface area contributed by atoms with Crippen LogP contribution >= 0.6 is 11.3 Å². The van der Waals surface area contributed by atoms with Gasteiger partial charge in [0.1, 0.15) is 5.82 Å². The summed E-state index contributed by atoms with van der Waals surface area (Å²) in [5.74, 6) is -1.10. The smallest absolute Gasteiger partial charge is 0.338 e. The Morgan fingerprint density at radius 3 is 2.89 bits per heavy atom. The number of halogens is 1. The first kappa shape index (κ1) is 12.6. The summed E-state index contributed by atoms with van der Waals surface area (Å²) in [7, 11) is 0. The van der Waals surface area contributed by atoms with Gasteiger partial charge in [-0.15, -0.1) is 0 Å². The molecular weight excluding hydrogens is 253 g/mol. The number of carbonyl (C=O) groups excluding carboxylic acids is 1. The zero-order chi connectivity index (χ0) is 13.0. The summed E-state index contributed by atoms with van der Waals surface area (Å²) in [6.07, 6.45) is 0.653. The molecule has 0 aliphatic rings. The summed E-state index contributed by atoms with van der Waals surface area (Å²) < 4.78 is 18.1. The van der Waals surface area contributed by atoms with Crippen molar-refractivity contribution in [2.75, 3.05) is 12.3 Å². The van der Waals surface area contributed by atoms with E-state index >= 15 is 0 Å². The molecule has 1 aromatic heterocycles. The lowest BCUT2D eigenvalue weighted by atomic mass is 10.2. The predicted octanol–water partition coefficient (Wildman–Crippen LogP) is 2.87.